The van der Waals surface area contributed by atoms with Crippen LogP contribution in [-0.4, -0.2) is 50.9 Å². The van der Waals surface area contributed by atoms with Gasteiger partial charge in [-0.3, -0.25) is 4.79 Å². The molecular weight excluding hydrogens is 321 g/mol. The van der Waals surface area contributed by atoms with Crippen molar-refractivity contribution >= 4 is 15.7 Å². The first-order chi connectivity index (χ1) is 10.8. The molecule has 7 heteroatoms. The van der Waals surface area contributed by atoms with Crippen molar-refractivity contribution in [3.8, 4) is 5.75 Å². The molecule has 0 aliphatic heterocycles. The molecule has 0 aromatic heterocycles. The number of hydrogen-bond donors (Lipinski definition) is 0. The maximum absolute atomic E-state index is 14.1. The second-order valence-electron chi connectivity index (χ2n) is 5.98. The van der Waals surface area contributed by atoms with Gasteiger partial charge in [0.15, 0.2) is 9.84 Å². The fraction of sp³-hybridized carbons (Fsp3) is 0.562. The predicted molar refractivity (Wildman–Crippen MR) is 85.9 cm³/mol. The van der Waals surface area contributed by atoms with Gasteiger partial charge in [0.2, 0.25) is 0 Å². The van der Waals surface area contributed by atoms with Gasteiger partial charge in [-0.05, 0) is 25.0 Å². The maximum Gasteiger partial charge on any atom is 0.256 e. The predicted octanol–water partition coefficient (Wildman–Crippen LogP) is 2.26. The van der Waals surface area contributed by atoms with Crippen LogP contribution in [0.1, 0.15) is 36.0 Å². The lowest BCUT2D eigenvalue weighted by Crippen LogP contribution is -2.49. The zero-order valence-corrected chi connectivity index (χ0v) is 14.4. The van der Waals surface area contributed by atoms with Crippen LogP contribution in [0.5, 0.6) is 5.75 Å². The molecule has 2 rings (SSSR count). The van der Waals surface area contributed by atoms with E-state index in [1.807, 2.05) is 0 Å². The van der Waals surface area contributed by atoms with Crippen molar-refractivity contribution in [2.45, 2.75) is 37.0 Å². The van der Waals surface area contributed by atoms with Gasteiger partial charge in [0, 0.05) is 25.4 Å². The Morgan fingerprint density at radius 1 is 1.30 bits per heavy atom. The number of methoxy groups -OCH3 is 1. The number of sulfone groups is 1. The van der Waals surface area contributed by atoms with E-state index in [9.17, 15) is 17.6 Å². The van der Waals surface area contributed by atoms with E-state index in [1.165, 1.54) is 30.4 Å². The summed E-state index contributed by atoms with van der Waals surface area (Å²) in [7, 11) is -0.305. The zero-order valence-electron chi connectivity index (χ0n) is 13.6. The molecule has 0 bridgehead atoms. The van der Waals surface area contributed by atoms with Crippen LogP contribution in [0.3, 0.4) is 0 Å². The van der Waals surface area contributed by atoms with Gasteiger partial charge < -0.3 is 9.64 Å². The summed E-state index contributed by atoms with van der Waals surface area (Å²) in [6.45, 7) is 0. The molecule has 1 aliphatic rings. The highest BCUT2D eigenvalue weighted by Crippen LogP contribution is 2.29. The van der Waals surface area contributed by atoms with Crippen LogP contribution in [0.25, 0.3) is 0 Å². The lowest BCUT2D eigenvalue weighted by atomic mass is 9.93. The van der Waals surface area contributed by atoms with Gasteiger partial charge in [-0.1, -0.05) is 12.8 Å². The highest BCUT2D eigenvalue weighted by molar-refractivity contribution is 7.91. The molecule has 0 spiro atoms. The van der Waals surface area contributed by atoms with Gasteiger partial charge in [0.1, 0.15) is 11.6 Å². The normalized spacial score (nSPS) is 21.7. The van der Waals surface area contributed by atoms with Crippen LogP contribution in [0.4, 0.5) is 4.39 Å². The minimum atomic E-state index is -3.26. The largest absolute Gasteiger partial charge is 0.497 e. The fourth-order valence-electron chi connectivity index (χ4n) is 3.16. The Morgan fingerprint density at radius 3 is 2.52 bits per heavy atom. The molecule has 23 heavy (non-hydrogen) atoms. The standard InChI is InChI=1S/C16H22FNO4S/c1-18(14-6-4-5-7-15(14)23(3,20)21)16(19)12-9-8-11(22-2)10-13(12)17/h8-10,14-15H,4-7H2,1-3H3. The highest BCUT2D eigenvalue weighted by Gasteiger charge is 2.37. The summed E-state index contributed by atoms with van der Waals surface area (Å²) in [6, 6.07) is 3.60. The molecule has 1 saturated carbocycles. The number of carbonyl (C=O) groups excluding carboxylic acids is 1. The van der Waals surface area contributed by atoms with Crippen molar-refractivity contribution in [2.75, 3.05) is 20.4 Å². The molecule has 1 aromatic carbocycles. The number of hydrogen-bond acceptors (Lipinski definition) is 4. The number of ether oxygens (including phenoxy) is 1. The fourth-order valence-corrected chi connectivity index (χ4v) is 4.64. The lowest BCUT2D eigenvalue weighted by molar-refractivity contribution is 0.0695. The Kier molecular flexibility index (Phi) is 5.29. The van der Waals surface area contributed by atoms with E-state index in [1.54, 1.807) is 7.05 Å². The van der Waals surface area contributed by atoms with Crippen molar-refractivity contribution in [3.63, 3.8) is 0 Å². The van der Waals surface area contributed by atoms with Gasteiger partial charge in [-0.15, -0.1) is 0 Å². The van der Waals surface area contributed by atoms with Crippen molar-refractivity contribution in [1.29, 1.82) is 0 Å². The Hall–Kier alpha value is -1.63. The molecule has 5 nitrogen and oxygen atoms in total. The molecule has 0 radical (unpaired) electrons. The molecular formula is C16H22FNO4S. The average Bonchev–Trinajstić information content (AvgIpc) is 2.52. The van der Waals surface area contributed by atoms with E-state index in [-0.39, 0.29) is 5.56 Å². The second-order valence-corrected chi connectivity index (χ2v) is 8.25. The summed E-state index contributed by atoms with van der Waals surface area (Å²) in [5.41, 5.74) is -0.0777. The van der Waals surface area contributed by atoms with E-state index in [2.05, 4.69) is 0 Å². The third-order valence-corrected chi connectivity index (χ3v) is 6.09. The summed E-state index contributed by atoms with van der Waals surface area (Å²) in [5.74, 6) is -0.855. The van der Waals surface area contributed by atoms with Gasteiger partial charge in [0.05, 0.1) is 17.9 Å². The van der Waals surface area contributed by atoms with Crippen LogP contribution in [-0.2, 0) is 9.84 Å². The lowest BCUT2D eigenvalue weighted by Gasteiger charge is -2.37. The Bertz CT molecular complexity index is 689. The van der Waals surface area contributed by atoms with Crippen LogP contribution in [0.15, 0.2) is 18.2 Å². The minimum Gasteiger partial charge on any atom is -0.497 e. The molecule has 2 atom stereocenters. The van der Waals surface area contributed by atoms with Crippen molar-refractivity contribution in [3.05, 3.63) is 29.6 Å². The van der Waals surface area contributed by atoms with Crippen molar-refractivity contribution in [1.82, 2.24) is 4.90 Å². The molecule has 1 amide bonds. The molecule has 1 fully saturated rings. The third-order valence-electron chi connectivity index (χ3n) is 4.44. The molecule has 0 saturated heterocycles. The van der Waals surface area contributed by atoms with Crippen LogP contribution in [0.2, 0.25) is 0 Å². The minimum absolute atomic E-state index is 0.0777. The summed E-state index contributed by atoms with van der Waals surface area (Å²) in [6.07, 6.45) is 4.03. The molecule has 0 heterocycles. The Labute approximate surface area is 136 Å². The molecule has 0 N–H and O–H groups in total. The first kappa shape index (κ1) is 17.7. The molecule has 2 unspecified atom stereocenters. The monoisotopic (exact) mass is 343 g/mol. The van der Waals surface area contributed by atoms with Crippen LogP contribution in [0, 0.1) is 5.82 Å². The quantitative estimate of drug-likeness (QED) is 0.841. The van der Waals surface area contributed by atoms with Gasteiger partial charge >= 0.3 is 0 Å². The summed E-state index contributed by atoms with van der Waals surface area (Å²) in [5, 5.41) is -0.591. The summed E-state index contributed by atoms with van der Waals surface area (Å²) < 4.78 is 43.0. The summed E-state index contributed by atoms with van der Waals surface area (Å²) >= 11 is 0. The maximum atomic E-state index is 14.1. The van der Waals surface area contributed by atoms with Crippen molar-refractivity contribution < 1.29 is 22.3 Å². The number of benzene rings is 1. The van der Waals surface area contributed by atoms with E-state index in [4.69, 9.17) is 4.74 Å². The van der Waals surface area contributed by atoms with Crippen LogP contribution < -0.4 is 4.74 Å². The number of halogens is 1. The molecule has 128 valence electrons. The van der Waals surface area contributed by atoms with Gasteiger partial charge in [-0.2, -0.15) is 0 Å². The van der Waals surface area contributed by atoms with Crippen LogP contribution >= 0.6 is 0 Å². The third kappa shape index (κ3) is 3.83. The Morgan fingerprint density at radius 2 is 1.96 bits per heavy atom. The molecule has 1 aliphatic carbocycles. The molecule has 1 aromatic rings. The number of rotatable bonds is 4. The first-order valence-corrected chi connectivity index (χ1v) is 9.50. The smallest absolute Gasteiger partial charge is 0.256 e. The van der Waals surface area contributed by atoms with Crippen molar-refractivity contribution in [2.24, 2.45) is 0 Å². The topological polar surface area (TPSA) is 63.7 Å². The first-order valence-electron chi connectivity index (χ1n) is 7.55. The van der Waals surface area contributed by atoms with Gasteiger partial charge in [0.25, 0.3) is 5.91 Å². The zero-order chi connectivity index (χ0) is 17.2. The number of nitrogens with zero attached hydrogens (tertiary/aromatic N) is 1. The SMILES string of the molecule is COc1ccc(C(=O)N(C)C2CCCCC2S(C)(=O)=O)c(F)c1. The highest BCUT2D eigenvalue weighted by atomic mass is 32.2. The van der Waals surface area contributed by atoms with Gasteiger partial charge in [-0.25, -0.2) is 12.8 Å². The summed E-state index contributed by atoms with van der Waals surface area (Å²) in [4.78, 5) is 14.0. The second kappa shape index (κ2) is 6.86. The average molecular weight is 343 g/mol. The van der Waals surface area contributed by atoms with E-state index >= 15 is 0 Å². The number of amides is 1. The Balaban J connectivity index is 2.27. The van der Waals surface area contributed by atoms with E-state index in [0.717, 1.165) is 18.9 Å². The van der Waals surface area contributed by atoms with E-state index < -0.39 is 32.9 Å². The van der Waals surface area contributed by atoms with E-state index in [0.29, 0.717) is 18.6 Å². The number of carbonyl (C=O) groups is 1.